The molecule has 1 N–H and O–H groups in total. The lowest BCUT2D eigenvalue weighted by atomic mass is 9.77. The van der Waals surface area contributed by atoms with E-state index in [1.165, 1.54) is 55.3 Å². The fraction of sp³-hybridized carbons (Fsp3) is 0.481. The van der Waals surface area contributed by atoms with Crippen LogP contribution in [0.5, 0.6) is 11.5 Å². The van der Waals surface area contributed by atoms with Crippen molar-refractivity contribution in [2.45, 2.75) is 56.9 Å². The number of hydrogen-bond acceptors (Lipinski definition) is 3. The van der Waals surface area contributed by atoms with Crippen LogP contribution < -0.4 is 14.8 Å². The highest BCUT2D eigenvalue weighted by molar-refractivity contribution is 5.61. The lowest BCUT2D eigenvalue weighted by molar-refractivity contribution is 0.246. The number of benzene rings is 2. The van der Waals surface area contributed by atoms with E-state index in [0.717, 1.165) is 30.4 Å². The van der Waals surface area contributed by atoms with Crippen LogP contribution in [0.15, 0.2) is 54.6 Å². The Morgan fingerprint density at radius 1 is 0.967 bits per heavy atom. The van der Waals surface area contributed by atoms with Gasteiger partial charge in [0.05, 0.1) is 19.8 Å². The summed E-state index contributed by atoms with van der Waals surface area (Å²) in [5, 5.41) is 3.82. The highest BCUT2D eigenvalue weighted by atomic mass is 16.5. The van der Waals surface area contributed by atoms with Crippen LogP contribution in [0.25, 0.3) is 0 Å². The van der Waals surface area contributed by atoms with E-state index in [2.05, 4.69) is 59.9 Å². The summed E-state index contributed by atoms with van der Waals surface area (Å²) in [6, 6.07) is 15.5. The molecule has 0 bridgehead atoms. The van der Waals surface area contributed by atoms with Crippen LogP contribution in [0.4, 0.5) is 5.69 Å². The fourth-order valence-corrected chi connectivity index (χ4v) is 5.62. The maximum atomic E-state index is 6.19. The molecule has 2 aliphatic carbocycles. The summed E-state index contributed by atoms with van der Waals surface area (Å²) in [4.78, 5) is 0. The van der Waals surface area contributed by atoms with Crippen LogP contribution in [-0.4, -0.2) is 13.7 Å². The Labute approximate surface area is 180 Å². The van der Waals surface area contributed by atoms with E-state index in [4.69, 9.17) is 9.47 Å². The minimum atomic E-state index is 0.321. The lowest BCUT2D eigenvalue weighted by Gasteiger charge is -2.37. The molecule has 0 spiro atoms. The Morgan fingerprint density at radius 2 is 1.77 bits per heavy atom. The first-order valence-electron chi connectivity index (χ1n) is 11.7. The Kier molecular flexibility index (Phi) is 5.70. The molecule has 5 rings (SSSR count). The van der Waals surface area contributed by atoms with E-state index < -0.39 is 0 Å². The Hall–Kier alpha value is -2.42. The molecule has 1 aliphatic heterocycles. The van der Waals surface area contributed by atoms with Gasteiger partial charge in [0, 0.05) is 11.6 Å². The molecule has 158 valence electrons. The molecular formula is C27H33NO2. The van der Waals surface area contributed by atoms with E-state index in [-0.39, 0.29) is 0 Å². The second-order valence-electron chi connectivity index (χ2n) is 9.14. The number of fused-ring (bicyclic) bond motifs is 3. The summed E-state index contributed by atoms with van der Waals surface area (Å²) >= 11 is 0. The maximum absolute atomic E-state index is 6.19. The highest BCUT2D eigenvalue weighted by Gasteiger charge is 2.38. The third-order valence-corrected chi connectivity index (χ3v) is 7.33. The van der Waals surface area contributed by atoms with Gasteiger partial charge in [0.15, 0.2) is 0 Å². The number of methoxy groups -OCH3 is 1. The average molecular weight is 404 g/mol. The predicted molar refractivity (Wildman–Crippen MR) is 122 cm³/mol. The number of anilines is 1. The first-order chi connectivity index (χ1) is 14.8. The predicted octanol–water partition coefficient (Wildman–Crippen LogP) is 6.87. The maximum Gasteiger partial charge on any atom is 0.119 e. The van der Waals surface area contributed by atoms with Crippen molar-refractivity contribution in [1.82, 2.24) is 0 Å². The van der Waals surface area contributed by atoms with E-state index in [1.807, 2.05) is 0 Å². The zero-order valence-corrected chi connectivity index (χ0v) is 18.0. The topological polar surface area (TPSA) is 30.5 Å². The molecule has 30 heavy (non-hydrogen) atoms. The average Bonchev–Trinajstić information content (AvgIpc) is 3.30. The molecule has 0 saturated heterocycles. The van der Waals surface area contributed by atoms with Crippen LogP contribution in [0.2, 0.25) is 0 Å². The summed E-state index contributed by atoms with van der Waals surface area (Å²) in [5.74, 6) is 3.79. The number of ether oxygens (including phenoxy) is 2. The van der Waals surface area contributed by atoms with Gasteiger partial charge in [0.25, 0.3) is 0 Å². The number of rotatable bonds is 6. The molecule has 3 heteroatoms. The summed E-state index contributed by atoms with van der Waals surface area (Å²) in [6.07, 6.45) is 14.0. The second kappa shape index (κ2) is 8.75. The van der Waals surface area contributed by atoms with Crippen molar-refractivity contribution < 1.29 is 9.47 Å². The third kappa shape index (κ3) is 3.95. The SMILES string of the molecule is COc1ccc(C2Nc3ccc(OCCC4CCCCC4)cc3C3C=CCC32)cc1. The van der Waals surface area contributed by atoms with E-state index in [9.17, 15) is 0 Å². The standard InChI is InChI=1S/C27H33NO2/c1-29-21-12-10-20(11-13-21)27-24-9-5-8-23(24)25-18-22(14-15-26(25)28-27)30-17-16-19-6-3-2-4-7-19/h5,8,10-15,18-19,23-24,27-28H,2-4,6-7,9,16-17H2,1H3. The van der Waals surface area contributed by atoms with Crippen LogP contribution >= 0.6 is 0 Å². The summed E-state index contributed by atoms with van der Waals surface area (Å²) in [6.45, 7) is 0.843. The molecule has 3 nitrogen and oxygen atoms in total. The van der Waals surface area contributed by atoms with Gasteiger partial charge >= 0.3 is 0 Å². The molecular weight excluding hydrogens is 370 g/mol. The zero-order valence-electron chi connectivity index (χ0n) is 18.0. The van der Waals surface area contributed by atoms with Crippen molar-refractivity contribution in [3.05, 3.63) is 65.7 Å². The van der Waals surface area contributed by atoms with Gasteiger partial charge in [-0.25, -0.2) is 0 Å². The Bertz CT molecular complexity index is 882. The van der Waals surface area contributed by atoms with Crippen molar-refractivity contribution in [3.63, 3.8) is 0 Å². The molecule has 0 radical (unpaired) electrons. The molecule has 3 aliphatic rings. The molecule has 1 fully saturated rings. The van der Waals surface area contributed by atoms with Crippen molar-refractivity contribution in [2.75, 3.05) is 19.0 Å². The van der Waals surface area contributed by atoms with Crippen LogP contribution in [0, 0.1) is 11.8 Å². The van der Waals surface area contributed by atoms with Gasteiger partial charge < -0.3 is 14.8 Å². The van der Waals surface area contributed by atoms with Gasteiger partial charge in [-0.1, -0.05) is 56.4 Å². The minimum Gasteiger partial charge on any atom is -0.497 e. The number of nitrogens with one attached hydrogen (secondary N) is 1. The summed E-state index contributed by atoms with van der Waals surface area (Å²) in [5.41, 5.74) is 3.95. The molecule has 2 aromatic rings. The van der Waals surface area contributed by atoms with Crippen LogP contribution in [0.3, 0.4) is 0 Å². The van der Waals surface area contributed by atoms with Crippen LogP contribution in [0.1, 0.15) is 68.0 Å². The molecule has 3 unspecified atom stereocenters. The quantitative estimate of drug-likeness (QED) is 0.534. The minimum absolute atomic E-state index is 0.321. The smallest absolute Gasteiger partial charge is 0.119 e. The highest BCUT2D eigenvalue weighted by Crippen LogP contribution is 2.50. The normalized spacial score (nSPS) is 25.3. The molecule has 1 heterocycles. The van der Waals surface area contributed by atoms with Crippen LogP contribution in [-0.2, 0) is 0 Å². The first-order valence-corrected chi connectivity index (χ1v) is 11.7. The van der Waals surface area contributed by atoms with Crippen molar-refractivity contribution >= 4 is 5.69 Å². The largest absolute Gasteiger partial charge is 0.497 e. The molecule has 2 aromatic carbocycles. The first kappa shape index (κ1) is 19.5. The van der Waals surface area contributed by atoms with E-state index >= 15 is 0 Å². The van der Waals surface area contributed by atoms with Crippen molar-refractivity contribution in [2.24, 2.45) is 11.8 Å². The second-order valence-corrected chi connectivity index (χ2v) is 9.14. The van der Waals surface area contributed by atoms with E-state index in [1.54, 1.807) is 7.11 Å². The van der Waals surface area contributed by atoms with Gasteiger partial charge in [0.2, 0.25) is 0 Å². The summed E-state index contributed by atoms with van der Waals surface area (Å²) < 4.78 is 11.5. The molecule has 1 saturated carbocycles. The van der Waals surface area contributed by atoms with Gasteiger partial charge in [0.1, 0.15) is 11.5 Å². The third-order valence-electron chi connectivity index (χ3n) is 7.33. The fourth-order valence-electron chi connectivity index (χ4n) is 5.62. The molecule has 0 amide bonds. The Morgan fingerprint density at radius 3 is 2.57 bits per heavy atom. The van der Waals surface area contributed by atoms with Gasteiger partial charge in [-0.2, -0.15) is 0 Å². The number of allylic oxidation sites excluding steroid dienone is 2. The molecule has 3 atom stereocenters. The molecule has 0 aromatic heterocycles. The van der Waals surface area contributed by atoms with Gasteiger partial charge in [-0.3, -0.25) is 0 Å². The summed E-state index contributed by atoms with van der Waals surface area (Å²) in [7, 11) is 1.72. The Balaban J connectivity index is 1.30. The lowest BCUT2D eigenvalue weighted by Crippen LogP contribution is -2.29. The zero-order chi connectivity index (χ0) is 20.3. The van der Waals surface area contributed by atoms with Gasteiger partial charge in [-0.05, 0) is 66.1 Å². The monoisotopic (exact) mass is 403 g/mol. The van der Waals surface area contributed by atoms with Gasteiger partial charge in [-0.15, -0.1) is 0 Å². The van der Waals surface area contributed by atoms with Crippen molar-refractivity contribution in [1.29, 1.82) is 0 Å². The number of hydrogen-bond donors (Lipinski definition) is 1. The van der Waals surface area contributed by atoms with Crippen molar-refractivity contribution in [3.8, 4) is 11.5 Å². The van der Waals surface area contributed by atoms with E-state index in [0.29, 0.717) is 17.9 Å².